The average molecular weight is 592 g/mol. The molecule has 1 aliphatic rings. The topological polar surface area (TPSA) is 116 Å². The van der Waals surface area contributed by atoms with Crippen molar-refractivity contribution in [2.75, 3.05) is 39.8 Å². The van der Waals surface area contributed by atoms with Gasteiger partial charge in [-0.15, -0.1) is 0 Å². The molecule has 2 amide bonds. The molecule has 1 heterocycles. The molecular weight excluding hydrogens is 558 g/mol. The van der Waals surface area contributed by atoms with E-state index in [1.807, 2.05) is 18.2 Å². The van der Waals surface area contributed by atoms with E-state index in [0.29, 0.717) is 52.3 Å². The van der Waals surface area contributed by atoms with Gasteiger partial charge in [0.05, 0.1) is 39.2 Å². The summed E-state index contributed by atoms with van der Waals surface area (Å²) in [6, 6.07) is 19.2. The number of amidine groups is 1. The van der Waals surface area contributed by atoms with Gasteiger partial charge in [-0.2, -0.15) is 0 Å². The van der Waals surface area contributed by atoms with Crippen LogP contribution in [0.1, 0.15) is 29.3 Å². The van der Waals surface area contributed by atoms with Crippen LogP contribution in [0.5, 0.6) is 17.2 Å². The molecule has 1 fully saturated rings. The van der Waals surface area contributed by atoms with Crippen LogP contribution in [0.15, 0.2) is 71.7 Å². The quantitative estimate of drug-likeness (QED) is 0.290. The van der Waals surface area contributed by atoms with Crippen LogP contribution in [0.2, 0.25) is 0 Å². The first-order valence-corrected chi connectivity index (χ1v) is 14.2. The molecule has 0 unspecified atom stereocenters. The molecular formula is C31H33N3O7S. The molecule has 10 nitrogen and oxygen atoms in total. The molecule has 42 heavy (non-hydrogen) atoms. The van der Waals surface area contributed by atoms with Crippen molar-refractivity contribution in [3.05, 3.63) is 77.9 Å². The van der Waals surface area contributed by atoms with Crippen LogP contribution in [0.25, 0.3) is 0 Å². The Labute approximate surface area is 249 Å². The Morgan fingerprint density at radius 2 is 1.64 bits per heavy atom. The van der Waals surface area contributed by atoms with Gasteiger partial charge < -0.3 is 24.3 Å². The minimum Gasteiger partial charge on any atom is -0.497 e. The predicted octanol–water partition coefficient (Wildman–Crippen LogP) is 5.09. The molecule has 1 saturated heterocycles. The molecule has 0 aliphatic carbocycles. The Hall–Kier alpha value is -4.51. The number of thioether (sulfide) groups is 1. The number of ether oxygens (including phenoxy) is 4. The molecule has 3 aromatic rings. The standard InChI is InChI=1S/C31H33N3O7S/c1-5-41-30(37)21-7-9-23(10-8-21)33-31-34(17-16-20-6-15-25(39-3)26(18-20)40-4)29(36)27(42-31)19-28(35)32-22-11-13-24(38-2)14-12-22/h6-15,18,27H,5,16-17,19H2,1-4H3,(H,32,35)/t27-/m0/s1. The normalized spacial score (nSPS) is 15.4. The van der Waals surface area contributed by atoms with Gasteiger partial charge in [-0.05, 0) is 79.6 Å². The van der Waals surface area contributed by atoms with Crippen molar-refractivity contribution in [1.29, 1.82) is 0 Å². The number of carbonyl (C=O) groups is 3. The number of benzene rings is 3. The number of esters is 1. The maximum absolute atomic E-state index is 13.6. The number of nitrogens with zero attached hydrogens (tertiary/aromatic N) is 2. The van der Waals surface area contributed by atoms with E-state index in [2.05, 4.69) is 5.32 Å². The third-order valence-electron chi connectivity index (χ3n) is 6.44. The molecule has 0 saturated carbocycles. The maximum atomic E-state index is 13.6. The lowest BCUT2D eigenvalue weighted by molar-refractivity contribution is -0.128. The Bertz CT molecular complexity index is 1440. The molecule has 0 aromatic heterocycles. The molecule has 11 heteroatoms. The first-order valence-electron chi connectivity index (χ1n) is 13.3. The number of hydrogen-bond donors (Lipinski definition) is 1. The highest BCUT2D eigenvalue weighted by atomic mass is 32.2. The van der Waals surface area contributed by atoms with Gasteiger partial charge in [-0.1, -0.05) is 17.8 Å². The van der Waals surface area contributed by atoms with E-state index in [0.717, 1.165) is 5.56 Å². The van der Waals surface area contributed by atoms with Crippen LogP contribution in [-0.4, -0.2) is 67.6 Å². The van der Waals surface area contributed by atoms with Crippen LogP contribution < -0.4 is 19.5 Å². The lowest BCUT2D eigenvalue weighted by Gasteiger charge is -2.17. The summed E-state index contributed by atoms with van der Waals surface area (Å²) < 4.78 is 21.0. The fourth-order valence-corrected chi connectivity index (χ4v) is 5.44. The Kier molecular flexibility index (Phi) is 10.4. The van der Waals surface area contributed by atoms with Gasteiger partial charge in [0.1, 0.15) is 11.0 Å². The zero-order chi connectivity index (χ0) is 30.1. The SMILES string of the molecule is CCOC(=O)c1ccc(N=C2S[C@@H](CC(=O)Nc3ccc(OC)cc3)C(=O)N2CCc2ccc(OC)c(OC)c2)cc1. The third kappa shape index (κ3) is 7.61. The van der Waals surface area contributed by atoms with Gasteiger partial charge in [0.15, 0.2) is 16.7 Å². The number of rotatable bonds is 12. The summed E-state index contributed by atoms with van der Waals surface area (Å²) >= 11 is 1.24. The van der Waals surface area contributed by atoms with Crippen molar-refractivity contribution in [3.8, 4) is 17.2 Å². The van der Waals surface area contributed by atoms with Crippen molar-refractivity contribution >= 4 is 46.1 Å². The summed E-state index contributed by atoms with van der Waals surface area (Å²) in [7, 11) is 4.72. The zero-order valence-corrected chi connectivity index (χ0v) is 24.7. The summed E-state index contributed by atoms with van der Waals surface area (Å²) in [5.74, 6) is 0.988. The monoisotopic (exact) mass is 591 g/mol. The predicted molar refractivity (Wildman–Crippen MR) is 162 cm³/mol. The minimum absolute atomic E-state index is 0.0246. The van der Waals surface area contributed by atoms with E-state index >= 15 is 0 Å². The fraction of sp³-hybridized carbons (Fsp3) is 0.290. The van der Waals surface area contributed by atoms with E-state index in [1.54, 1.807) is 81.7 Å². The van der Waals surface area contributed by atoms with Crippen molar-refractivity contribution in [2.45, 2.75) is 25.0 Å². The van der Waals surface area contributed by atoms with Gasteiger partial charge in [0, 0.05) is 18.7 Å². The molecule has 0 radical (unpaired) electrons. The van der Waals surface area contributed by atoms with Crippen LogP contribution in [0, 0.1) is 0 Å². The third-order valence-corrected chi connectivity index (χ3v) is 7.62. The second-order valence-electron chi connectivity index (χ2n) is 9.18. The van der Waals surface area contributed by atoms with E-state index in [-0.39, 0.29) is 24.8 Å². The van der Waals surface area contributed by atoms with Crippen LogP contribution in [0.3, 0.4) is 0 Å². The molecule has 3 aromatic carbocycles. The van der Waals surface area contributed by atoms with E-state index < -0.39 is 11.2 Å². The lowest BCUT2D eigenvalue weighted by Crippen LogP contribution is -2.35. The molecule has 4 rings (SSSR count). The van der Waals surface area contributed by atoms with Crippen molar-refractivity contribution in [2.24, 2.45) is 4.99 Å². The first-order chi connectivity index (χ1) is 20.3. The van der Waals surface area contributed by atoms with E-state index in [1.165, 1.54) is 11.8 Å². The Morgan fingerprint density at radius 3 is 2.29 bits per heavy atom. The van der Waals surface area contributed by atoms with Crippen molar-refractivity contribution in [3.63, 3.8) is 0 Å². The number of amides is 2. The van der Waals surface area contributed by atoms with Gasteiger partial charge in [0.25, 0.3) is 0 Å². The second-order valence-corrected chi connectivity index (χ2v) is 10.3. The summed E-state index contributed by atoms with van der Waals surface area (Å²) in [4.78, 5) is 44.8. The van der Waals surface area contributed by atoms with Crippen LogP contribution >= 0.6 is 11.8 Å². The Balaban J connectivity index is 1.52. The molecule has 220 valence electrons. The largest absolute Gasteiger partial charge is 0.497 e. The van der Waals surface area contributed by atoms with Gasteiger partial charge in [-0.3, -0.25) is 14.5 Å². The molecule has 1 aliphatic heterocycles. The molecule has 1 atom stereocenters. The Morgan fingerprint density at radius 1 is 0.929 bits per heavy atom. The number of aliphatic imine (C=N–C) groups is 1. The maximum Gasteiger partial charge on any atom is 0.338 e. The van der Waals surface area contributed by atoms with Gasteiger partial charge in [-0.25, -0.2) is 9.79 Å². The van der Waals surface area contributed by atoms with Crippen LogP contribution in [-0.2, 0) is 20.7 Å². The first kappa shape index (κ1) is 30.4. The number of nitrogens with one attached hydrogen (secondary N) is 1. The summed E-state index contributed by atoms with van der Waals surface area (Å²) in [5, 5.41) is 2.67. The highest BCUT2D eigenvalue weighted by Crippen LogP contribution is 2.33. The summed E-state index contributed by atoms with van der Waals surface area (Å²) in [6.07, 6.45) is 0.501. The molecule has 0 spiro atoms. The highest BCUT2D eigenvalue weighted by molar-refractivity contribution is 8.15. The lowest BCUT2D eigenvalue weighted by atomic mass is 10.1. The fourth-order valence-electron chi connectivity index (χ4n) is 4.26. The van der Waals surface area contributed by atoms with Crippen molar-refractivity contribution < 1.29 is 33.3 Å². The zero-order valence-electron chi connectivity index (χ0n) is 23.9. The number of carbonyl (C=O) groups excluding carboxylic acids is 3. The highest BCUT2D eigenvalue weighted by Gasteiger charge is 2.39. The summed E-state index contributed by atoms with van der Waals surface area (Å²) in [6.45, 7) is 2.37. The smallest absolute Gasteiger partial charge is 0.338 e. The van der Waals surface area contributed by atoms with Gasteiger partial charge in [0.2, 0.25) is 11.8 Å². The number of anilines is 1. The van der Waals surface area contributed by atoms with Crippen LogP contribution in [0.4, 0.5) is 11.4 Å². The summed E-state index contributed by atoms with van der Waals surface area (Å²) in [5.41, 5.74) is 2.54. The molecule has 1 N–H and O–H groups in total. The average Bonchev–Trinajstić information content (AvgIpc) is 3.29. The van der Waals surface area contributed by atoms with E-state index in [9.17, 15) is 14.4 Å². The van der Waals surface area contributed by atoms with Gasteiger partial charge >= 0.3 is 5.97 Å². The minimum atomic E-state index is -0.647. The van der Waals surface area contributed by atoms with Crippen molar-refractivity contribution in [1.82, 2.24) is 4.90 Å². The molecule has 0 bridgehead atoms. The second kappa shape index (κ2) is 14.4. The van der Waals surface area contributed by atoms with E-state index in [4.69, 9.17) is 23.9 Å². The number of hydrogen-bond acceptors (Lipinski definition) is 9. The number of methoxy groups -OCH3 is 3.